The summed E-state index contributed by atoms with van der Waals surface area (Å²) in [6.45, 7) is 4.25. The van der Waals surface area contributed by atoms with Crippen LogP contribution in [-0.2, 0) is 0 Å². The van der Waals surface area contributed by atoms with Gasteiger partial charge in [-0.25, -0.2) is 4.98 Å². The Morgan fingerprint density at radius 2 is 1.76 bits per heavy atom. The molecular formula is C22H24F3N7O. The van der Waals surface area contributed by atoms with E-state index in [2.05, 4.69) is 35.3 Å². The van der Waals surface area contributed by atoms with Crippen LogP contribution in [0.25, 0.3) is 11.0 Å². The molecule has 2 aliphatic rings. The van der Waals surface area contributed by atoms with Crippen molar-refractivity contribution in [2.24, 2.45) is 0 Å². The lowest BCUT2D eigenvalue weighted by molar-refractivity contribution is -0.274. The second-order valence-electron chi connectivity index (χ2n) is 8.34. The van der Waals surface area contributed by atoms with Crippen LogP contribution in [0.5, 0.6) is 5.75 Å². The Labute approximate surface area is 188 Å². The van der Waals surface area contributed by atoms with Gasteiger partial charge >= 0.3 is 6.36 Å². The number of benzene rings is 1. The largest absolute Gasteiger partial charge is 0.573 e. The molecule has 0 spiro atoms. The van der Waals surface area contributed by atoms with Gasteiger partial charge in [0.2, 0.25) is 0 Å². The Morgan fingerprint density at radius 1 is 0.970 bits per heavy atom. The van der Waals surface area contributed by atoms with E-state index < -0.39 is 6.36 Å². The molecule has 2 aliphatic heterocycles. The fraction of sp³-hybridized carbons (Fsp3) is 0.455. The van der Waals surface area contributed by atoms with Gasteiger partial charge in [0.1, 0.15) is 22.6 Å². The van der Waals surface area contributed by atoms with Crippen LogP contribution < -0.4 is 15.0 Å². The molecule has 2 fully saturated rings. The van der Waals surface area contributed by atoms with Crippen LogP contribution in [0.3, 0.4) is 0 Å². The summed E-state index contributed by atoms with van der Waals surface area (Å²) in [5.74, 6) is 0.820. The lowest BCUT2D eigenvalue weighted by Gasteiger charge is -2.37. The van der Waals surface area contributed by atoms with Gasteiger partial charge in [0.25, 0.3) is 0 Å². The summed E-state index contributed by atoms with van der Waals surface area (Å²) in [5.41, 5.74) is 1.43. The van der Waals surface area contributed by atoms with Gasteiger partial charge < -0.3 is 19.9 Å². The molecule has 0 amide bonds. The molecule has 2 saturated heterocycles. The Kier molecular flexibility index (Phi) is 5.88. The van der Waals surface area contributed by atoms with E-state index in [0.29, 0.717) is 28.6 Å². The number of alkyl halides is 3. The number of piperidine rings is 1. The predicted octanol–water partition coefficient (Wildman–Crippen LogP) is 4.13. The number of halogens is 3. The molecule has 3 aromatic rings. The molecule has 0 atom stereocenters. The van der Waals surface area contributed by atoms with Gasteiger partial charge in [-0.2, -0.15) is 0 Å². The standard InChI is InChI=1S/C22H24F3N7O/c23-22(24,25)33-17-5-3-4-15(14-17)26-21-20-18(28-30-29-21)6-7-19(27-20)32-12-8-16(9-13-32)31-10-1-2-11-31/h3-7,14,16H,1-2,8-13H2,(H,26,28,29). The van der Waals surface area contributed by atoms with Crippen LogP contribution in [0, 0.1) is 0 Å². The zero-order valence-corrected chi connectivity index (χ0v) is 17.9. The average Bonchev–Trinajstić information content (AvgIpc) is 3.33. The third kappa shape index (κ3) is 5.08. The van der Waals surface area contributed by atoms with Crippen LogP contribution in [0.15, 0.2) is 36.4 Å². The maximum absolute atomic E-state index is 12.6. The number of nitrogens with zero attached hydrogens (tertiary/aromatic N) is 6. The molecule has 4 heterocycles. The lowest BCUT2D eigenvalue weighted by Crippen LogP contribution is -2.44. The first-order valence-electron chi connectivity index (χ1n) is 11.1. The van der Waals surface area contributed by atoms with Gasteiger partial charge in [-0.3, -0.25) is 0 Å². The van der Waals surface area contributed by atoms with Crippen molar-refractivity contribution in [2.75, 3.05) is 36.4 Å². The molecule has 0 aliphatic carbocycles. The fourth-order valence-corrected chi connectivity index (χ4v) is 4.59. The van der Waals surface area contributed by atoms with Gasteiger partial charge in [0.05, 0.1) is 0 Å². The van der Waals surface area contributed by atoms with E-state index >= 15 is 0 Å². The van der Waals surface area contributed by atoms with E-state index in [4.69, 9.17) is 4.98 Å². The molecule has 33 heavy (non-hydrogen) atoms. The number of fused-ring (bicyclic) bond motifs is 1. The minimum Gasteiger partial charge on any atom is -0.406 e. The first-order chi connectivity index (χ1) is 15.9. The van der Waals surface area contributed by atoms with Crippen LogP contribution >= 0.6 is 0 Å². The smallest absolute Gasteiger partial charge is 0.406 e. The Balaban J connectivity index is 1.34. The van der Waals surface area contributed by atoms with Crippen molar-refractivity contribution in [2.45, 2.75) is 38.1 Å². The number of hydrogen-bond donors (Lipinski definition) is 1. The van der Waals surface area contributed by atoms with E-state index in [-0.39, 0.29) is 5.75 Å². The maximum Gasteiger partial charge on any atom is 0.573 e. The first kappa shape index (κ1) is 21.6. The van der Waals surface area contributed by atoms with Crippen LogP contribution in [0.1, 0.15) is 25.7 Å². The van der Waals surface area contributed by atoms with Crippen molar-refractivity contribution in [1.29, 1.82) is 0 Å². The zero-order chi connectivity index (χ0) is 22.8. The quantitative estimate of drug-likeness (QED) is 0.610. The summed E-state index contributed by atoms with van der Waals surface area (Å²) in [7, 11) is 0. The SMILES string of the molecule is FC(F)(F)Oc1cccc(Nc2nnnc3ccc(N4CCC(N5CCCC5)CC4)nc23)c1. The van der Waals surface area contributed by atoms with Gasteiger partial charge in [0, 0.05) is 30.9 Å². The summed E-state index contributed by atoms with van der Waals surface area (Å²) in [6.07, 6.45) is 0.0246. The van der Waals surface area contributed by atoms with Crippen molar-refractivity contribution in [1.82, 2.24) is 25.3 Å². The van der Waals surface area contributed by atoms with Crippen LogP contribution in [-0.4, -0.2) is 63.9 Å². The molecular weight excluding hydrogens is 435 g/mol. The molecule has 1 aromatic carbocycles. The van der Waals surface area contributed by atoms with Crippen molar-refractivity contribution >= 4 is 28.4 Å². The molecule has 1 N–H and O–H groups in total. The number of nitrogens with one attached hydrogen (secondary N) is 1. The summed E-state index contributed by atoms with van der Waals surface area (Å²) in [6, 6.07) is 9.96. The van der Waals surface area contributed by atoms with E-state index in [1.807, 2.05) is 12.1 Å². The van der Waals surface area contributed by atoms with Gasteiger partial charge in [-0.15, -0.1) is 23.4 Å². The van der Waals surface area contributed by atoms with Gasteiger partial charge in [-0.1, -0.05) is 6.07 Å². The molecule has 2 aromatic heterocycles. The molecule has 0 radical (unpaired) electrons. The lowest BCUT2D eigenvalue weighted by atomic mass is 10.0. The Hall–Kier alpha value is -3.21. The topological polar surface area (TPSA) is 79.3 Å². The molecule has 11 heteroatoms. The summed E-state index contributed by atoms with van der Waals surface area (Å²) < 4.78 is 41.6. The van der Waals surface area contributed by atoms with Gasteiger partial charge in [0.15, 0.2) is 5.82 Å². The maximum atomic E-state index is 12.6. The Morgan fingerprint density at radius 3 is 2.52 bits per heavy atom. The van der Waals surface area contributed by atoms with Crippen LogP contribution in [0.2, 0.25) is 0 Å². The third-order valence-corrected chi connectivity index (χ3v) is 6.16. The molecule has 0 saturated carbocycles. The highest BCUT2D eigenvalue weighted by Crippen LogP contribution is 2.29. The van der Waals surface area contributed by atoms with Crippen molar-refractivity contribution in [3.63, 3.8) is 0 Å². The minimum atomic E-state index is -4.76. The summed E-state index contributed by atoms with van der Waals surface area (Å²) in [5, 5.41) is 14.8. The highest BCUT2D eigenvalue weighted by atomic mass is 19.4. The Bertz CT molecular complexity index is 1110. The second kappa shape index (κ2) is 8.97. The number of rotatable bonds is 5. The fourth-order valence-electron chi connectivity index (χ4n) is 4.59. The molecule has 174 valence electrons. The molecule has 0 bridgehead atoms. The number of ether oxygens (including phenoxy) is 1. The third-order valence-electron chi connectivity index (χ3n) is 6.16. The molecule has 0 unspecified atom stereocenters. The zero-order valence-electron chi connectivity index (χ0n) is 17.9. The normalized spacial score (nSPS) is 18.1. The van der Waals surface area contributed by atoms with E-state index in [9.17, 15) is 13.2 Å². The van der Waals surface area contributed by atoms with E-state index in [0.717, 1.165) is 31.7 Å². The highest BCUT2D eigenvalue weighted by Gasteiger charge is 2.31. The molecule has 8 nitrogen and oxygen atoms in total. The number of anilines is 3. The van der Waals surface area contributed by atoms with E-state index in [1.165, 1.54) is 44.1 Å². The van der Waals surface area contributed by atoms with Crippen LogP contribution in [0.4, 0.5) is 30.5 Å². The average molecular weight is 459 g/mol. The number of hydrogen-bond acceptors (Lipinski definition) is 8. The molecule has 5 rings (SSSR count). The van der Waals surface area contributed by atoms with Crippen molar-refractivity contribution in [3.05, 3.63) is 36.4 Å². The second-order valence-corrected chi connectivity index (χ2v) is 8.34. The summed E-state index contributed by atoms with van der Waals surface area (Å²) >= 11 is 0. The first-order valence-corrected chi connectivity index (χ1v) is 11.1. The van der Waals surface area contributed by atoms with Crippen molar-refractivity contribution < 1.29 is 17.9 Å². The number of likely N-dealkylation sites (tertiary alicyclic amines) is 1. The summed E-state index contributed by atoms with van der Waals surface area (Å²) in [4.78, 5) is 9.63. The highest BCUT2D eigenvalue weighted by molar-refractivity contribution is 5.87. The predicted molar refractivity (Wildman–Crippen MR) is 118 cm³/mol. The van der Waals surface area contributed by atoms with Crippen molar-refractivity contribution in [3.8, 4) is 5.75 Å². The number of aromatic nitrogens is 4. The van der Waals surface area contributed by atoms with E-state index in [1.54, 1.807) is 6.07 Å². The van der Waals surface area contributed by atoms with Gasteiger partial charge in [-0.05, 0) is 68.3 Å². The number of pyridine rings is 1. The minimum absolute atomic E-state index is 0.318. The monoisotopic (exact) mass is 459 g/mol.